The first-order valence-corrected chi connectivity index (χ1v) is 10.1. The van der Waals surface area contributed by atoms with E-state index in [2.05, 4.69) is 29.1 Å². The van der Waals surface area contributed by atoms with Crippen molar-refractivity contribution in [1.82, 2.24) is 9.97 Å². The minimum atomic E-state index is -0.949. The molecular weight excluding hydrogens is 378 g/mol. The Kier molecular flexibility index (Phi) is 5.99. The number of amides is 1. The van der Waals surface area contributed by atoms with E-state index in [1.807, 2.05) is 6.07 Å². The molecular formula is C20H23N3O4S. The van der Waals surface area contributed by atoms with Gasteiger partial charge in [-0.05, 0) is 49.6 Å². The number of esters is 1. The zero-order valence-corrected chi connectivity index (χ0v) is 16.9. The molecule has 2 aromatic heterocycles. The maximum Gasteiger partial charge on any atom is 0.349 e. The number of anilines is 1. The fourth-order valence-corrected chi connectivity index (χ4v) is 4.17. The van der Waals surface area contributed by atoms with Crippen molar-refractivity contribution >= 4 is 39.9 Å². The van der Waals surface area contributed by atoms with Crippen LogP contribution in [-0.4, -0.2) is 27.9 Å². The van der Waals surface area contributed by atoms with Gasteiger partial charge in [0.25, 0.3) is 5.91 Å². The molecule has 0 aliphatic carbocycles. The molecule has 3 N–H and O–H groups in total. The van der Waals surface area contributed by atoms with E-state index in [9.17, 15) is 14.4 Å². The molecule has 0 fully saturated rings. The van der Waals surface area contributed by atoms with Crippen molar-refractivity contribution in [2.24, 2.45) is 0 Å². The summed E-state index contributed by atoms with van der Waals surface area (Å²) in [6, 6.07) is 6.86. The minimum absolute atomic E-state index is 0.314. The fraction of sp³-hybridized carbons (Fsp3) is 0.350. The lowest BCUT2D eigenvalue weighted by molar-refractivity contribution is -0.123. The Balaban J connectivity index is 1.65. The predicted octanol–water partition coefficient (Wildman–Crippen LogP) is 3.62. The van der Waals surface area contributed by atoms with Crippen LogP contribution in [0.1, 0.15) is 47.3 Å². The Morgan fingerprint density at radius 2 is 1.93 bits per heavy atom. The van der Waals surface area contributed by atoms with Crippen LogP contribution in [0.25, 0.3) is 11.0 Å². The normalized spacial score (nSPS) is 12.1. The Morgan fingerprint density at radius 1 is 1.18 bits per heavy atom. The molecule has 8 heteroatoms. The first kappa shape index (κ1) is 19.9. The van der Waals surface area contributed by atoms with E-state index in [4.69, 9.17) is 4.74 Å². The second-order valence-corrected chi connectivity index (χ2v) is 7.68. The Morgan fingerprint density at radius 3 is 2.64 bits per heavy atom. The number of H-pyrrole nitrogens is 2. The Labute approximate surface area is 166 Å². The van der Waals surface area contributed by atoms with Gasteiger partial charge >= 0.3 is 11.7 Å². The minimum Gasteiger partial charge on any atom is -0.448 e. The summed E-state index contributed by atoms with van der Waals surface area (Å²) in [5.41, 5.74) is 2.58. The molecule has 0 unspecified atom stereocenters. The van der Waals surface area contributed by atoms with E-state index in [0.717, 1.165) is 24.8 Å². The van der Waals surface area contributed by atoms with Crippen molar-refractivity contribution < 1.29 is 14.3 Å². The third kappa shape index (κ3) is 4.33. The predicted molar refractivity (Wildman–Crippen MR) is 110 cm³/mol. The topological polar surface area (TPSA) is 104 Å². The molecule has 3 rings (SSSR count). The van der Waals surface area contributed by atoms with Gasteiger partial charge in [0.05, 0.1) is 11.0 Å². The van der Waals surface area contributed by atoms with E-state index < -0.39 is 18.0 Å². The van der Waals surface area contributed by atoms with E-state index in [1.54, 1.807) is 18.2 Å². The number of carbonyl (C=O) groups is 2. The number of hydrogen-bond acceptors (Lipinski definition) is 5. The Hall–Kier alpha value is -2.87. The van der Waals surface area contributed by atoms with Gasteiger partial charge in [0, 0.05) is 10.6 Å². The molecule has 0 spiro atoms. The van der Waals surface area contributed by atoms with Crippen molar-refractivity contribution in [2.75, 3.05) is 5.32 Å². The zero-order valence-electron chi connectivity index (χ0n) is 16.0. The van der Waals surface area contributed by atoms with Gasteiger partial charge in [-0.1, -0.05) is 20.3 Å². The summed E-state index contributed by atoms with van der Waals surface area (Å²) < 4.78 is 5.35. The van der Waals surface area contributed by atoms with E-state index >= 15 is 0 Å². The average Bonchev–Trinajstić information content (AvgIpc) is 3.23. The molecule has 0 bridgehead atoms. The molecule has 0 radical (unpaired) electrons. The number of aromatic amines is 2. The van der Waals surface area contributed by atoms with Gasteiger partial charge in [0.15, 0.2) is 6.10 Å². The lowest BCUT2D eigenvalue weighted by Crippen LogP contribution is -2.29. The number of ether oxygens (including phenoxy) is 1. The van der Waals surface area contributed by atoms with Gasteiger partial charge in [-0.3, -0.25) is 4.79 Å². The van der Waals surface area contributed by atoms with Crippen LogP contribution in [-0.2, 0) is 22.4 Å². The molecule has 3 aromatic rings. The van der Waals surface area contributed by atoms with Gasteiger partial charge in [0.1, 0.15) is 4.88 Å². The van der Waals surface area contributed by atoms with Crippen LogP contribution in [0.15, 0.2) is 29.1 Å². The van der Waals surface area contributed by atoms with Gasteiger partial charge in [-0.25, -0.2) is 9.59 Å². The van der Waals surface area contributed by atoms with Crippen LogP contribution in [0.4, 0.5) is 5.69 Å². The second kappa shape index (κ2) is 8.43. The molecule has 1 atom stereocenters. The number of thiophene rings is 1. The lowest BCUT2D eigenvalue weighted by Gasteiger charge is -2.13. The summed E-state index contributed by atoms with van der Waals surface area (Å²) >= 11 is 1.43. The third-order valence-electron chi connectivity index (χ3n) is 4.39. The molecule has 7 nitrogen and oxygen atoms in total. The smallest absolute Gasteiger partial charge is 0.349 e. The van der Waals surface area contributed by atoms with Crippen LogP contribution < -0.4 is 11.0 Å². The van der Waals surface area contributed by atoms with Gasteiger partial charge in [-0.2, -0.15) is 0 Å². The highest BCUT2D eigenvalue weighted by Crippen LogP contribution is 2.25. The van der Waals surface area contributed by atoms with E-state index in [1.165, 1.54) is 23.1 Å². The highest BCUT2D eigenvalue weighted by atomic mass is 32.1. The number of imidazole rings is 1. The number of hydrogen-bond donors (Lipinski definition) is 3. The SMILES string of the molecule is CCCc1sc(C(=O)O[C@@H](C)C(=O)Nc2ccc3[nH]c(=O)[nH]c3c2)cc1CC. The average molecular weight is 401 g/mol. The van der Waals surface area contributed by atoms with E-state index in [-0.39, 0.29) is 5.69 Å². The molecule has 0 saturated carbocycles. The number of aromatic nitrogens is 2. The number of benzene rings is 1. The molecule has 0 aliphatic rings. The monoisotopic (exact) mass is 401 g/mol. The maximum atomic E-state index is 12.4. The van der Waals surface area contributed by atoms with Crippen molar-refractivity contribution in [3.63, 3.8) is 0 Å². The van der Waals surface area contributed by atoms with Gasteiger partial charge in [0.2, 0.25) is 0 Å². The molecule has 1 aromatic carbocycles. The van der Waals surface area contributed by atoms with Crippen molar-refractivity contribution in [1.29, 1.82) is 0 Å². The van der Waals surface area contributed by atoms with Gasteiger partial charge in [-0.15, -0.1) is 11.3 Å². The first-order valence-electron chi connectivity index (χ1n) is 9.26. The standard InChI is InChI=1S/C20H23N3O4S/c1-4-6-16-12(5-2)9-17(28-16)19(25)27-11(3)18(24)21-13-7-8-14-15(10-13)23-20(26)22-14/h7-11H,4-6H2,1-3H3,(H,21,24)(H2,22,23,26)/t11-/m0/s1. The molecule has 2 heterocycles. The summed E-state index contributed by atoms with van der Waals surface area (Å²) in [7, 11) is 0. The number of aryl methyl sites for hydroxylation is 2. The summed E-state index contributed by atoms with van der Waals surface area (Å²) in [4.78, 5) is 43.1. The summed E-state index contributed by atoms with van der Waals surface area (Å²) in [6.07, 6.45) is 1.85. The van der Waals surface area contributed by atoms with Crippen molar-refractivity contribution in [2.45, 2.75) is 46.1 Å². The summed E-state index contributed by atoms with van der Waals surface area (Å²) in [5, 5.41) is 2.70. The number of nitrogens with one attached hydrogen (secondary N) is 3. The molecule has 1 amide bonds. The lowest BCUT2D eigenvalue weighted by atomic mass is 10.1. The number of carbonyl (C=O) groups excluding carboxylic acids is 2. The van der Waals surface area contributed by atoms with Gasteiger partial charge < -0.3 is 20.0 Å². The highest BCUT2D eigenvalue weighted by Gasteiger charge is 2.21. The van der Waals surface area contributed by atoms with E-state index in [0.29, 0.717) is 21.6 Å². The highest BCUT2D eigenvalue weighted by molar-refractivity contribution is 7.14. The van der Waals surface area contributed by atoms with Crippen LogP contribution in [0.5, 0.6) is 0 Å². The largest absolute Gasteiger partial charge is 0.448 e. The van der Waals surface area contributed by atoms with Crippen LogP contribution in [0.2, 0.25) is 0 Å². The fourth-order valence-electron chi connectivity index (χ4n) is 2.93. The molecule has 28 heavy (non-hydrogen) atoms. The van der Waals surface area contributed by atoms with Crippen LogP contribution >= 0.6 is 11.3 Å². The molecule has 148 valence electrons. The zero-order chi connectivity index (χ0) is 20.3. The first-order chi connectivity index (χ1) is 13.4. The van der Waals surface area contributed by atoms with Crippen LogP contribution in [0.3, 0.4) is 0 Å². The summed E-state index contributed by atoms with van der Waals surface area (Å²) in [5.74, 6) is -0.929. The Bertz CT molecular complexity index is 1060. The van der Waals surface area contributed by atoms with Crippen molar-refractivity contribution in [3.05, 3.63) is 50.1 Å². The second-order valence-electron chi connectivity index (χ2n) is 6.54. The van der Waals surface area contributed by atoms with Crippen LogP contribution in [0, 0.1) is 0 Å². The molecule has 0 aliphatic heterocycles. The third-order valence-corrected chi connectivity index (χ3v) is 5.61. The molecule has 0 saturated heterocycles. The number of fused-ring (bicyclic) bond motifs is 1. The maximum absolute atomic E-state index is 12.4. The van der Waals surface area contributed by atoms with Crippen molar-refractivity contribution in [3.8, 4) is 0 Å². The number of rotatable bonds is 7. The quantitative estimate of drug-likeness (QED) is 0.526. The summed E-state index contributed by atoms with van der Waals surface area (Å²) in [6.45, 7) is 5.69.